The Hall–Kier alpha value is -0.810. The van der Waals surface area contributed by atoms with Gasteiger partial charge in [-0.1, -0.05) is 45.1 Å². The summed E-state index contributed by atoms with van der Waals surface area (Å²) in [5.74, 6) is 0. The minimum atomic E-state index is -0.242. The van der Waals surface area contributed by atoms with Crippen molar-refractivity contribution in [1.82, 2.24) is 0 Å². The van der Waals surface area contributed by atoms with Crippen LogP contribution in [0.5, 0.6) is 0 Å². The maximum absolute atomic E-state index is 8.78. The molecule has 1 atom stereocenters. The lowest BCUT2D eigenvalue weighted by atomic mass is 10.1. The molecule has 0 bridgehead atoms. The van der Waals surface area contributed by atoms with Crippen LogP contribution in [0.25, 0.3) is 0 Å². The lowest BCUT2D eigenvalue weighted by Crippen LogP contribution is -2.10. The van der Waals surface area contributed by atoms with E-state index in [9.17, 15) is 0 Å². The third kappa shape index (κ3) is 9.49. The van der Waals surface area contributed by atoms with Crippen molar-refractivity contribution in [2.75, 3.05) is 6.61 Å². The second kappa shape index (κ2) is 11.3. The van der Waals surface area contributed by atoms with Gasteiger partial charge in [-0.25, -0.2) is 0 Å². The highest BCUT2D eigenvalue weighted by molar-refractivity contribution is 4.84. The molecule has 0 rings (SSSR count). The highest BCUT2D eigenvalue weighted by atomic mass is 16.5. The highest BCUT2D eigenvalue weighted by Gasteiger charge is 2.05. The molecular weight excluding hydrogens is 186 g/mol. The summed E-state index contributed by atoms with van der Waals surface area (Å²) in [7, 11) is 0. The van der Waals surface area contributed by atoms with Gasteiger partial charge in [0.25, 0.3) is 0 Å². The zero-order valence-corrected chi connectivity index (χ0v) is 9.87. The second-order valence-electron chi connectivity index (χ2n) is 3.80. The molecule has 0 radical (unpaired) electrons. The first-order valence-electron chi connectivity index (χ1n) is 5.97. The van der Waals surface area contributed by atoms with Crippen LogP contribution >= 0.6 is 0 Å². The molecule has 0 N–H and O–H groups in total. The van der Waals surface area contributed by atoms with Gasteiger partial charge in [0.2, 0.25) is 0 Å². The molecular formula is C13H23NO. The van der Waals surface area contributed by atoms with E-state index in [0.29, 0.717) is 6.61 Å². The zero-order valence-electron chi connectivity index (χ0n) is 9.87. The molecule has 0 aromatic rings. The van der Waals surface area contributed by atoms with Crippen LogP contribution in [0, 0.1) is 11.3 Å². The molecule has 2 heteroatoms. The summed E-state index contributed by atoms with van der Waals surface area (Å²) in [5, 5.41) is 8.78. The Balaban J connectivity index is 3.31. The van der Waals surface area contributed by atoms with Gasteiger partial charge in [-0.05, 0) is 12.8 Å². The first-order chi connectivity index (χ1) is 7.35. The predicted octanol–water partition coefficient (Wildman–Crippen LogP) is 3.83. The van der Waals surface area contributed by atoms with E-state index in [2.05, 4.69) is 19.6 Å². The number of ether oxygens (including phenoxy) is 1. The number of nitriles is 1. The summed E-state index contributed by atoms with van der Waals surface area (Å²) >= 11 is 0. The van der Waals surface area contributed by atoms with Crippen molar-refractivity contribution in [3.8, 4) is 6.07 Å². The van der Waals surface area contributed by atoms with Crippen molar-refractivity contribution in [2.45, 2.75) is 58.0 Å². The van der Waals surface area contributed by atoms with Crippen molar-refractivity contribution < 1.29 is 4.74 Å². The molecule has 0 aliphatic carbocycles. The number of hydrogen-bond donors (Lipinski definition) is 0. The van der Waals surface area contributed by atoms with Crippen LogP contribution in [0.2, 0.25) is 0 Å². The van der Waals surface area contributed by atoms with E-state index < -0.39 is 0 Å². The van der Waals surface area contributed by atoms with E-state index in [1.165, 1.54) is 32.1 Å². The molecule has 2 nitrogen and oxygen atoms in total. The van der Waals surface area contributed by atoms with Gasteiger partial charge < -0.3 is 4.74 Å². The molecule has 0 aromatic carbocycles. The van der Waals surface area contributed by atoms with Crippen molar-refractivity contribution >= 4 is 0 Å². The first-order valence-corrected chi connectivity index (χ1v) is 5.97. The van der Waals surface area contributed by atoms with Crippen molar-refractivity contribution in [3.05, 3.63) is 12.7 Å². The fourth-order valence-electron chi connectivity index (χ4n) is 1.48. The van der Waals surface area contributed by atoms with Crippen LogP contribution in [0.15, 0.2) is 12.7 Å². The van der Waals surface area contributed by atoms with Crippen LogP contribution in [0.3, 0.4) is 0 Å². The normalized spacial score (nSPS) is 12.0. The number of hydrogen-bond acceptors (Lipinski definition) is 2. The number of unbranched alkanes of at least 4 members (excludes halogenated alkanes) is 5. The molecule has 15 heavy (non-hydrogen) atoms. The van der Waals surface area contributed by atoms with Crippen LogP contribution in [0.4, 0.5) is 0 Å². The van der Waals surface area contributed by atoms with Gasteiger partial charge in [0.05, 0.1) is 12.7 Å². The molecule has 0 heterocycles. The summed E-state index contributed by atoms with van der Waals surface area (Å²) < 4.78 is 5.29. The van der Waals surface area contributed by atoms with Gasteiger partial charge in [-0.2, -0.15) is 5.26 Å². The van der Waals surface area contributed by atoms with Crippen molar-refractivity contribution in [3.63, 3.8) is 0 Å². The highest BCUT2D eigenvalue weighted by Crippen LogP contribution is 2.09. The maximum atomic E-state index is 8.78. The maximum Gasteiger partial charge on any atom is 0.144 e. The van der Waals surface area contributed by atoms with Gasteiger partial charge in [0.15, 0.2) is 0 Å². The quantitative estimate of drug-likeness (QED) is 0.404. The molecule has 0 amide bonds. The van der Waals surface area contributed by atoms with Gasteiger partial charge in [-0.15, -0.1) is 6.58 Å². The molecule has 0 saturated carbocycles. The minimum absolute atomic E-state index is 0.242. The summed E-state index contributed by atoms with van der Waals surface area (Å²) in [6.07, 6.45) is 9.83. The van der Waals surface area contributed by atoms with Crippen molar-refractivity contribution in [1.29, 1.82) is 5.26 Å². The Kier molecular flexibility index (Phi) is 10.7. The molecule has 0 aliphatic heterocycles. The van der Waals surface area contributed by atoms with Crippen LogP contribution in [0.1, 0.15) is 51.9 Å². The smallest absolute Gasteiger partial charge is 0.144 e. The van der Waals surface area contributed by atoms with Gasteiger partial charge in [0, 0.05) is 0 Å². The Bertz CT molecular complexity index is 183. The third-order valence-corrected chi connectivity index (χ3v) is 2.38. The topological polar surface area (TPSA) is 33.0 Å². The lowest BCUT2D eigenvalue weighted by molar-refractivity contribution is 0.106. The Morgan fingerprint density at radius 3 is 2.53 bits per heavy atom. The van der Waals surface area contributed by atoms with E-state index in [1.54, 1.807) is 6.08 Å². The van der Waals surface area contributed by atoms with E-state index in [-0.39, 0.29) is 6.10 Å². The second-order valence-corrected chi connectivity index (χ2v) is 3.80. The van der Waals surface area contributed by atoms with Crippen LogP contribution in [-0.2, 0) is 4.74 Å². The third-order valence-electron chi connectivity index (χ3n) is 2.38. The first kappa shape index (κ1) is 14.2. The molecule has 0 aromatic heterocycles. The summed E-state index contributed by atoms with van der Waals surface area (Å²) in [6.45, 7) is 6.26. The predicted molar refractivity (Wildman–Crippen MR) is 63.5 cm³/mol. The molecule has 1 unspecified atom stereocenters. The molecule has 0 fully saturated rings. The lowest BCUT2D eigenvalue weighted by Gasteiger charge is -2.08. The monoisotopic (exact) mass is 209 g/mol. The number of nitrogens with zero attached hydrogens (tertiary/aromatic N) is 1. The molecule has 0 saturated heterocycles. The Morgan fingerprint density at radius 2 is 1.93 bits per heavy atom. The standard InChI is InChI=1S/C13H23NO/c1-3-5-6-7-8-9-10-13(12-14)15-11-4-2/h4,13H,2-3,5-11H2,1H3. The largest absolute Gasteiger partial charge is 0.359 e. The van der Waals surface area contributed by atoms with E-state index in [4.69, 9.17) is 10.00 Å². The fraction of sp³-hybridized carbons (Fsp3) is 0.769. The fourth-order valence-corrected chi connectivity index (χ4v) is 1.48. The van der Waals surface area contributed by atoms with E-state index in [0.717, 1.165) is 12.8 Å². The Morgan fingerprint density at radius 1 is 1.27 bits per heavy atom. The molecule has 0 aliphatic rings. The summed E-state index contributed by atoms with van der Waals surface area (Å²) in [6, 6.07) is 2.17. The van der Waals surface area contributed by atoms with E-state index >= 15 is 0 Å². The minimum Gasteiger partial charge on any atom is -0.359 e. The summed E-state index contributed by atoms with van der Waals surface area (Å²) in [4.78, 5) is 0. The van der Waals surface area contributed by atoms with Gasteiger partial charge in [-0.3, -0.25) is 0 Å². The van der Waals surface area contributed by atoms with Gasteiger partial charge >= 0.3 is 0 Å². The van der Waals surface area contributed by atoms with Crippen LogP contribution < -0.4 is 0 Å². The Labute approximate surface area is 93.9 Å². The SMILES string of the molecule is C=CCOC(C#N)CCCCCCCC. The average molecular weight is 209 g/mol. The van der Waals surface area contributed by atoms with E-state index in [1.807, 2.05) is 0 Å². The zero-order chi connectivity index (χ0) is 11.4. The van der Waals surface area contributed by atoms with Crippen LogP contribution in [-0.4, -0.2) is 12.7 Å². The summed E-state index contributed by atoms with van der Waals surface area (Å²) in [5.41, 5.74) is 0. The molecule has 0 spiro atoms. The average Bonchev–Trinajstić information content (AvgIpc) is 2.27. The number of rotatable bonds is 10. The molecule has 86 valence electrons. The van der Waals surface area contributed by atoms with Gasteiger partial charge in [0.1, 0.15) is 6.10 Å². The van der Waals surface area contributed by atoms with Crippen molar-refractivity contribution in [2.24, 2.45) is 0 Å².